The largest absolute Gasteiger partial charge is 0.481 e. The van der Waals surface area contributed by atoms with Crippen molar-refractivity contribution in [3.05, 3.63) is 70.8 Å². The van der Waals surface area contributed by atoms with Gasteiger partial charge < -0.3 is 14.7 Å². The highest BCUT2D eigenvalue weighted by Crippen LogP contribution is 2.34. The first-order chi connectivity index (χ1) is 12.5. The number of nitrogens with zero attached hydrogens (tertiary/aromatic N) is 1. The van der Waals surface area contributed by atoms with Crippen LogP contribution in [0, 0.1) is 19.8 Å². The lowest BCUT2D eigenvalue weighted by Crippen LogP contribution is -2.30. The monoisotopic (exact) mass is 353 g/mol. The Labute approximate surface area is 153 Å². The van der Waals surface area contributed by atoms with Gasteiger partial charge in [-0.3, -0.25) is 4.79 Å². The van der Waals surface area contributed by atoms with Crippen LogP contribution in [0.1, 0.15) is 28.2 Å². The summed E-state index contributed by atoms with van der Waals surface area (Å²) in [4.78, 5) is 25.6. The number of likely N-dealkylation sites (tertiary alicyclic amines) is 1. The molecule has 1 aliphatic rings. The molecule has 1 N–H and O–H groups in total. The third-order valence-corrected chi connectivity index (χ3v) is 5.06. The van der Waals surface area contributed by atoms with E-state index in [1.165, 1.54) is 4.90 Å². The lowest BCUT2D eigenvalue weighted by Gasteiger charge is -2.17. The maximum absolute atomic E-state index is 12.4. The van der Waals surface area contributed by atoms with Crippen LogP contribution in [0.3, 0.4) is 0 Å². The van der Waals surface area contributed by atoms with E-state index in [0.717, 1.165) is 22.3 Å². The number of hydrogen-bond acceptors (Lipinski definition) is 3. The van der Waals surface area contributed by atoms with E-state index >= 15 is 0 Å². The molecule has 0 spiro atoms. The molecular formula is C21H23NO4. The SMILES string of the molecule is Cc1ccc([C@@H]2CN(C(=O)OCc3ccccc3)C[C@H]2C(=O)O)cc1C. The maximum Gasteiger partial charge on any atom is 0.410 e. The molecule has 26 heavy (non-hydrogen) atoms. The number of carbonyl (C=O) groups excluding carboxylic acids is 1. The Balaban J connectivity index is 1.71. The summed E-state index contributed by atoms with van der Waals surface area (Å²) in [5.41, 5.74) is 4.15. The minimum atomic E-state index is -0.883. The van der Waals surface area contributed by atoms with E-state index in [1.54, 1.807) is 0 Å². The van der Waals surface area contributed by atoms with Gasteiger partial charge in [-0.05, 0) is 36.1 Å². The Morgan fingerprint density at radius 2 is 1.81 bits per heavy atom. The molecular weight excluding hydrogens is 330 g/mol. The van der Waals surface area contributed by atoms with Crippen molar-refractivity contribution in [1.29, 1.82) is 0 Å². The molecule has 5 nitrogen and oxygen atoms in total. The molecule has 1 amide bonds. The molecule has 0 saturated carbocycles. The fourth-order valence-electron chi connectivity index (χ4n) is 3.35. The van der Waals surface area contributed by atoms with E-state index in [9.17, 15) is 14.7 Å². The van der Waals surface area contributed by atoms with Gasteiger partial charge in [-0.1, -0.05) is 48.5 Å². The summed E-state index contributed by atoms with van der Waals surface area (Å²) >= 11 is 0. The number of carboxylic acids is 1. The second kappa shape index (κ2) is 7.60. The van der Waals surface area contributed by atoms with E-state index < -0.39 is 18.0 Å². The molecule has 3 rings (SSSR count). The summed E-state index contributed by atoms with van der Waals surface area (Å²) in [6.07, 6.45) is -0.466. The van der Waals surface area contributed by atoms with Crippen LogP contribution in [0.4, 0.5) is 4.79 Å². The fraction of sp³-hybridized carbons (Fsp3) is 0.333. The van der Waals surface area contributed by atoms with Gasteiger partial charge in [0.2, 0.25) is 0 Å². The zero-order valence-corrected chi connectivity index (χ0v) is 15.0. The highest BCUT2D eigenvalue weighted by molar-refractivity contribution is 5.75. The van der Waals surface area contributed by atoms with E-state index in [0.29, 0.717) is 6.54 Å². The molecule has 1 fully saturated rings. The molecule has 136 valence electrons. The van der Waals surface area contributed by atoms with Gasteiger partial charge in [0.05, 0.1) is 5.92 Å². The maximum atomic E-state index is 12.4. The first kappa shape index (κ1) is 18.0. The normalized spacial score (nSPS) is 19.4. The summed E-state index contributed by atoms with van der Waals surface area (Å²) in [5, 5.41) is 9.60. The van der Waals surface area contributed by atoms with Crippen LogP contribution in [-0.2, 0) is 16.1 Å². The second-order valence-electron chi connectivity index (χ2n) is 6.84. The number of carbonyl (C=O) groups is 2. The molecule has 1 aliphatic heterocycles. The van der Waals surface area contributed by atoms with Crippen LogP contribution >= 0.6 is 0 Å². The third-order valence-electron chi connectivity index (χ3n) is 5.06. The van der Waals surface area contributed by atoms with Crippen molar-refractivity contribution in [3.8, 4) is 0 Å². The van der Waals surface area contributed by atoms with E-state index in [1.807, 2.05) is 62.4 Å². The van der Waals surface area contributed by atoms with Crippen molar-refractivity contribution >= 4 is 12.1 Å². The molecule has 0 radical (unpaired) electrons. The van der Waals surface area contributed by atoms with Gasteiger partial charge in [0.15, 0.2) is 0 Å². The Morgan fingerprint density at radius 1 is 1.08 bits per heavy atom. The standard InChI is InChI=1S/C21H23NO4/c1-14-8-9-17(10-15(14)2)18-11-22(12-19(18)20(23)24)21(25)26-13-16-6-4-3-5-7-16/h3-10,18-19H,11-13H2,1-2H3,(H,23,24)/t18-,19+/m0/s1. The van der Waals surface area contributed by atoms with Gasteiger partial charge >= 0.3 is 12.1 Å². The predicted octanol–water partition coefficient (Wildman–Crippen LogP) is 3.74. The van der Waals surface area contributed by atoms with Gasteiger partial charge in [0.25, 0.3) is 0 Å². The van der Waals surface area contributed by atoms with Crippen molar-refractivity contribution in [3.63, 3.8) is 0 Å². The number of benzene rings is 2. The minimum absolute atomic E-state index is 0.167. The summed E-state index contributed by atoms with van der Waals surface area (Å²) in [6, 6.07) is 15.4. The van der Waals surface area contributed by atoms with Gasteiger partial charge in [-0.25, -0.2) is 4.79 Å². The van der Waals surface area contributed by atoms with Gasteiger partial charge in [-0.2, -0.15) is 0 Å². The Morgan fingerprint density at radius 3 is 2.46 bits per heavy atom. The highest BCUT2D eigenvalue weighted by Gasteiger charge is 2.41. The number of aryl methyl sites for hydroxylation is 2. The Hall–Kier alpha value is -2.82. The Kier molecular flexibility index (Phi) is 5.26. The summed E-state index contributed by atoms with van der Waals surface area (Å²) in [6.45, 7) is 4.74. The van der Waals surface area contributed by atoms with Crippen molar-refractivity contribution in [2.45, 2.75) is 26.4 Å². The van der Waals surface area contributed by atoms with Gasteiger partial charge in [0.1, 0.15) is 6.61 Å². The van der Waals surface area contributed by atoms with Crippen LogP contribution in [0.5, 0.6) is 0 Å². The lowest BCUT2D eigenvalue weighted by molar-refractivity contribution is -0.141. The van der Waals surface area contributed by atoms with Crippen molar-refractivity contribution in [2.75, 3.05) is 13.1 Å². The average molecular weight is 353 g/mol. The molecule has 1 heterocycles. The number of carboxylic acid groups (broad SMARTS) is 1. The van der Waals surface area contributed by atoms with Crippen LogP contribution in [0.2, 0.25) is 0 Å². The third kappa shape index (κ3) is 3.87. The van der Waals surface area contributed by atoms with Crippen LogP contribution in [0.25, 0.3) is 0 Å². The number of ether oxygens (including phenoxy) is 1. The van der Waals surface area contributed by atoms with Gasteiger partial charge in [0, 0.05) is 19.0 Å². The second-order valence-corrected chi connectivity index (χ2v) is 6.84. The minimum Gasteiger partial charge on any atom is -0.481 e. The smallest absolute Gasteiger partial charge is 0.410 e. The molecule has 2 atom stereocenters. The quantitative estimate of drug-likeness (QED) is 0.909. The van der Waals surface area contributed by atoms with Crippen LogP contribution in [-0.4, -0.2) is 35.2 Å². The molecule has 0 bridgehead atoms. The van der Waals surface area contributed by atoms with Gasteiger partial charge in [-0.15, -0.1) is 0 Å². The summed E-state index contributed by atoms with van der Waals surface area (Å²) < 4.78 is 5.36. The molecule has 0 unspecified atom stereocenters. The number of rotatable bonds is 4. The average Bonchev–Trinajstić information content (AvgIpc) is 3.09. The van der Waals surface area contributed by atoms with Crippen LogP contribution in [0.15, 0.2) is 48.5 Å². The number of hydrogen-bond donors (Lipinski definition) is 1. The number of aliphatic carboxylic acids is 1. The molecule has 0 aromatic heterocycles. The van der Waals surface area contributed by atoms with Crippen molar-refractivity contribution in [2.24, 2.45) is 5.92 Å². The molecule has 2 aromatic rings. The molecule has 2 aromatic carbocycles. The summed E-state index contributed by atoms with van der Waals surface area (Å²) in [7, 11) is 0. The first-order valence-electron chi connectivity index (χ1n) is 8.71. The zero-order chi connectivity index (χ0) is 18.7. The van der Waals surface area contributed by atoms with E-state index in [4.69, 9.17) is 4.74 Å². The zero-order valence-electron chi connectivity index (χ0n) is 15.0. The van der Waals surface area contributed by atoms with Crippen molar-refractivity contribution < 1.29 is 19.4 Å². The number of amides is 1. The van der Waals surface area contributed by atoms with Crippen molar-refractivity contribution in [1.82, 2.24) is 4.90 Å². The van der Waals surface area contributed by atoms with E-state index in [2.05, 4.69) is 0 Å². The van der Waals surface area contributed by atoms with Crippen LogP contribution < -0.4 is 0 Å². The first-order valence-corrected chi connectivity index (χ1v) is 8.71. The fourth-order valence-corrected chi connectivity index (χ4v) is 3.35. The summed E-state index contributed by atoms with van der Waals surface area (Å²) in [5.74, 6) is -1.73. The molecule has 5 heteroatoms. The lowest BCUT2D eigenvalue weighted by atomic mass is 9.87. The molecule has 0 aliphatic carbocycles. The molecule has 1 saturated heterocycles. The Bertz CT molecular complexity index is 803. The predicted molar refractivity (Wildman–Crippen MR) is 98.0 cm³/mol. The van der Waals surface area contributed by atoms with E-state index in [-0.39, 0.29) is 19.1 Å². The highest BCUT2D eigenvalue weighted by atomic mass is 16.6. The topological polar surface area (TPSA) is 66.8 Å².